The molecule has 1 aromatic heterocycles. The van der Waals surface area contributed by atoms with E-state index in [2.05, 4.69) is 46.7 Å². The predicted octanol–water partition coefficient (Wildman–Crippen LogP) is 4.80. The molecule has 0 amide bonds. The topological polar surface area (TPSA) is 30.3 Å². The smallest absolute Gasteiger partial charge is 0.124 e. The molecule has 0 aliphatic carbocycles. The number of aromatic nitrogens is 2. The van der Waals surface area contributed by atoms with Gasteiger partial charge in [-0.3, -0.25) is 4.90 Å². The summed E-state index contributed by atoms with van der Waals surface area (Å²) in [6, 6.07) is 16.7. The second-order valence-electron chi connectivity index (χ2n) is 7.47. The fourth-order valence-corrected chi connectivity index (χ4v) is 3.91. The first-order chi connectivity index (χ1) is 13.3. The SMILES string of the molecule is Cc1ccccc1OCCCCn1c(CN2CCCC2)nc2ccccc21. The van der Waals surface area contributed by atoms with E-state index in [0.29, 0.717) is 0 Å². The molecule has 4 nitrogen and oxygen atoms in total. The van der Waals surface area contributed by atoms with E-state index < -0.39 is 0 Å². The number of unbranched alkanes of at least 4 members (excludes halogenated alkanes) is 1. The third-order valence-corrected chi connectivity index (χ3v) is 5.42. The molecule has 0 saturated carbocycles. The van der Waals surface area contributed by atoms with Crippen molar-refractivity contribution in [3.8, 4) is 5.75 Å². The van der Waals surface area contributed by atoms with Gasteiger partial charge in [-0.05, 0) is 69.5 Å². The van der Waals surface area contributed by atoms with Gasteiger partial charge in [0.05, 0.1) is 24.2 Å². The first-order valence-electron chi connectivity index (χ1n) is 10.2. The van der Waals surface area contributed by atoms with Crippen LogP contribution in [0.25, 0.3) is 11.0 Å². The van der Waals surface area contributed by atoms with E-state index in [1.54, 1.807) is 0 Å². The fraction of sp³-hybridized carbons (Fsp3) is 0.435. The number of benzene rings is 2. The first kappa shape index (κ1) is 18.1. The fourth-order valence-electron chi connectivity index (χ4n) is 3.91. The highest BCUT2D eigenvalue weighted by Crippen LogP contribution is 2.20. The number of fused-ring (bicyclic) bond motifs is 1. The summed E-state index contributed by atoms with van der Waals surface area (Å²) in [5.41, 5.74) is 3.57. The lowest BCUT2D eigenvalue weighted by molar-refractivity contribution is 0.297. The minimum absolute atomic E-state index is 0.763. The third kappa shape index (κ3) is 4.33. The van der Waals surface area contributed by atoms with Gasteiger partial charge in [0, 0.05) is 6.54 Å². The van der Waals surface area contributed by atoms with Gasteiger partial charge in [0.1, 0.15) is 11.6 Å². The van der Waals surface area contributed by atoms with Crippen molar-refractivity contribution in [1.29, 1.82) is 0 Å². The number of likely N-dealkylation sites (tertiary alicyclic amines) is 1. The number of aryl methyl sites for hydroxylation is 2. The van der Waals surface area contributed by atoms with Crippen LogP contribution in [0.1, 0.15) is 37.1 Å². The zero-order valence-corrected chi connectivity index (χ0v) is 16.2. The van der Waals surface area contributed by atoms with Crippen LogP contribution in [0.4, 0.5) is 0 Å². The normalized spacial score (nSPS) is 14.9. The minimum atomic E-state index is 0.763. The van der Waals surface area contributed by atoms with E-state index in [0.717, 1.165) is 43.8 Å². The summed E-state index contributed by atoms with van der Waals surface area (Å²) in [4.78, 5) is 7.45. The number of hydrogen-bond acceptors (Lipinski definition) is 3. The molecule has 2 heterocycles. The Hall–Kier alpha value is -2.33. The van der Waals surface area contributed by atoms with Crippen LogP contribution in [-0.4, -0.2) is 34.1 Å². The van der Waals surface area contributed by atoms with Gasteiger partial charge in [-0.15, -0.1) is 0 Å². The Morgan fingerprint density at radius 2 is 1.74 bits per heavy atom. The molecule has 0 unspecified atom stereocenters. The Labute approximate surface area is 161 Å². The summed E-state index contributed by atoms with van der Waals surface area (Å²) >= 11 is 0. The van der Waals surface area contributed by atoms with Crippen molar-refractivity contribution in [3.63, 3.8) is 0 Å². The molecule has 3 aromatic rings. The summed E-state index contributed by atoms with van der Waals surface area (Å²) in [6.07, 6.45) is 4.77. The molecule has 2 aromatic carbocycles. The second kappa shape index (κ2) is 8.57. The van der Waals surface area contributed by atoms with E-state index in [4.69, 9.17) is 9.72 Å². The van der Waals surface area contributed by atoms with Crippen LogP contribution in [0.15, 0.2) is 48.5 Å². The molecule has 1 fully saturated rings. The molecule has 1 aliphatic rings. The van der Waals surface area contributed by atoms with Crippen LogP contribution in [0.3, 0.4) is 0 Å². The monoisotopic (exact) mass is 363 g/mol. The van der Waals surface area contributed by atoms with Crippen molar-refractivity contribution in [3.05, 3.63) is 59.9 Å². The molecule has 0 bridgehead atoms. The lowest BCUT2D eigenvalue weighted by Gasteiger charge is -2.16. The van der Waals surface area contributed by atoms with Crippen LogP contribution < -0.4 is 4.74 Å². The Kier molecular flexibility index (Phi) is 5.73. The number of rotatable bonds is 8. The number of nitrogens with zero attached hydrogens (tertiary/aromatic N) is 3. The van der Waals surface area contributed by atoms with Gasteiger partial charge in [-0.2, -0.15) is 0 Å². The zero-order chi connectivity index (χ0) is 18.5. The van der Waals surface area contributed by atoms with Crippen molar-refractivity contribution in [2.45, 2.75) is 45.7 Å². The van der Waals surface area contributed by atoms with E-state index in [1.165, 1.54) is 42.8 Å². The lowest BCUT2D eigenvalue weighted by atomic mass is 10.2. The Morgan fingerprint density at radius 3 is 2.59 bits per heavy atom. The van der Waals surface area contributed by atoms with Crippen LogP contribution in [-0.2, 0) is 13.1 Å². The van der Waals surface area contributed by atoms with Gasteiger partial charge in [-0.1, -0.05) is 30.3 Å². The van der Waals surface area contributed by atoms with E-state index in [-0.39, 0.29) is 0 Å². The van der Waals surface area contributed by atoms with Crippen molar-refractivity contribution in [2.75, 3.05) is 19.7 Å². The summed E-state index contributed by atoms with van der Waals surface area (Å²) in [6.45, 7) is 7.23. The summed E-state index contributed by atoms with van der Waals surface area (Å²) < 4.78 is 8.37. The maximum absolute atomic E-state index is 5.95. The molecule has 0 radical (unpaired) electrons. The molecule has 1 saturated heterocycles. The van der Waals surface area contributed by atoms with Gasteiger partial charge < -0.3 is 9.30 Å². The van der Waals surface area contributed by atoms with Crippen LogP contribution in [0.5, 0.6) is 5.75 Å². The molecule has 4 heteroatoms. The summed E-state index contributed by atoms with van der Waals surface area (Å²) in [7, 11) is 0. The van der Waals surface area contributed by atoms with Crippen molar-refractivity contribution in [1.82, 2.24) is 14.5 Å². The predicted molar refractivity (Wildman–Crippen MR) is 110 cm³/mol. The van der Waals surface area contributed by atoms with Gasteiger partial charge in [-0.25, -0.2) is 4.98 Å². The minimum Gasteiger partial charge on any atom is -0.493 e. The highest BCUT2D eigenvalue weighted by atomic mass is 16.5. The van der Waals surface area contributed by atoms with E-state index in [1.807, 2.05) is 18.2 Å². The molecule has 0 spiro atoms. The van der Waals surface area contributed by atoms with Crippen molar-refractivity contribution >= 4 is 11.0 Å². The highest BCUT2D eigenvalue weighted by molar-refractivity contribution is 5.75. The lowest BCUT2D eigenvalue weighted by Crippen LogP contribution is -2.21. The number of ether oxygens (including phenoxy) is 1. The molecule has 0 atom stereocenters. The summed E-state index contributed by atoms with van der Waals surface area (Å²) in [5.74, 6) is 2.21. The average molecular weight is 364 g/mol. The van der Waals surface area contributed by atoms with Gasteiger partial charge in [0.2, 0.25) is 0 Å². The van der Waals surface area contributed by atoms with E-state index >= 15 is 0 Å². The van der Waals surface area contributed by atoms with Gasteiger partial charge >= 0.3 is 0 Å². The number of imidazole rings is 1. The highest BCUT2D eigenvalue weighted by Gasteiger charge is 2.17. The Morgan fingerprint density at radius 1 is 0.963 bits per heavy atom. The van der Waals surface area contributed by atoms with E-state index in [9.17, 15) is 0 Å². The average Bonchev–Trinajstić information content (AvgIpc) is 3.31. The van der Waals surface area contributed by atoms with Crippen molar-refractivity contribution in [2.24, 2.45) is 0 Å². The van der Waals surface area contributed by atoms with Crippen LogP contribution in [0.2, 0.25) is 0 Å². The number of hydrogen-bond donors (Lipinski definition) is 0. The maximum atomic E-state index is 5.95. The first-order valence-corrected chi connectivity index (χ1v) is 10.2. The van der Waals surface area contributed by atoms with Crippen LogP contribution >= 0.6 is 0 Å². The Balaban J connectivity index is 1.37. The maximum Gasteiger partial charge on any atom is 0.124 e. The van der Waals surface area contributed by atoms with Gasteiger partial charge in [0.15, 0.2) is 0 Å². The standard InChI is InChI=1S/C23H29N3O/c1-19-10-2-5-13-22(19)27-17-9-8-16-26-21-12-4-3-11-20(21)24-23(26)18-25-14-6-7-15-25/h2-5,10-13H,6-9,14-18H2,1H3. The molecule has 1 aliphatic heterocycles. The molecule has 0 N–H and O–H groups in total. The van der Waals surface area contributed by atoms with Crippen molar-refractivity contribution < 1.29 is 4.74 Å². The van der Waals surface area contributed by atoms with Gasteiger partial charge in [0.25, 0.3) is 0 Å². The second-order valence-corrected chi connectivity index (χ2v) is 7.47. The molecular formula is C23H29N3O. The molecule has 142 valence electrons. The third-order valence-electron chi connectivity index (χ3n) is 5.42. The van der Waals surface area contributed by atoms with Crippen LogP contribution in [0, 0.1) is 6.92 Å². The quantitative estimate of drug-likeness (QED) is 0.539. The zero-order valence-electron chi connectivity index (χ0n) is 16.2. The molecular weight excluding hydrogens is 334 g/mol. The summed E-state index contributed by atoms with van der Waals surface area (Å²) in [5, 5.41) is 0. The largest absolute Gasteiger partial charge is 0.493 e. The number of para-hydroxylation sites is 3. The molecule has 4 rings (SSSR count). The Bertz CT molecular complexity index is 880. The molecule has 27 heavy (non-hydrogen) atoms.